The molecular formula is C15H19ClN4O4. The second-order valence-electron chi connectivity index (χ2n) is 5.76. The minimum Gasteiger partial charge on any atom is -0.480 e. The number of nitrogens with zero attached hydrogens (tertiary/aromatic N) is 1. The number of hydrogen-bond acceptors (Lipinski definition) is 5. The molecule has 0 radical (unpaired) electrons. The smallest absolute Gasteiger partial charge is 0.319 e. The molecule has 2 heterocycles. The quantitative estimate of drug-likeness (QED) is 0.756. The first-order valence-corrected chi connectivity index (χ1v) is 8.00. The van der Waals surface area contributed by atoms with Gasteiger partial charge < -0.3 is 30.3 Å². The molecule has 1 fully saturated rings. The van der Waals surface area contributed by atoms with Gasteiger partial charge in [-0.3, -0.25) is 4.79 Å². The number of rotatable bonds is 3. The summed E-state index contributed by atoms with van der Waals surface area (Å²) in [5, 5.41) is 8.43. The standard InChI is InChI=1S/C15H19ClN4O4/c1-20-2-3-23-10(7-20)6-17-15(22)18-9-4-11(16)14-12(5-9)19-13(21)8-24-14/h4-5,10H,2-3,6-8H2,1H3,(H,19,21)(H2,17,18,22)/t10-/m0/s1. The Kier molecular flexibility index (Phi) is 5.08. The predicted octanol–water partition coefficient (Wildman–Crippen LogP) is 1.12. The Morgan fingerprint density at radius 1 is 1.50 bits per heavy atom. The molecule has 130 valence electrons. The highest BCUT2D eigenvalue weighted by molar-refractivity contribution is 6.33. The van der Waals surface area contributed by atoms with Crippen LogP contribution in [0, 0.1) is 0 Å². The van der Waals surface area contributed by atoms with Gasteiger partial charge in [0.2, 0.25) is 0 Å². The fourth-order valence-electron chi connectivity index (χ4n) is 2.60. The molecule has 8 nitrogen and oxygen atoms in total. The number of amides is 3. The van der Waals surface area contributed by atoms with E-state index in [2.05, 4.69) is 20.9 Å². The molecule has 0 saturated carbocycles. The van der Waals surface area contributed by atoms with E-state index in [1.807, 2.05) is 7.05 Å². The van der Waals surface area contributed by atoms with Crippen LogP contribution < -0.4 is 20.7 Å². The number of benzene rings is 1. The summed E-state index contributed by atoms with van der Waals surface area (Å²) in [7, 11) is 2.01. The van der Waals surface area contributed by atoms with Crippen molar-refractivity contribution >= 4 is 34.9 Å². The van der Waals surface area contributed by atoms with E-state index in [1.54, 1.807) is 12.1 Å². The number of likely N-dealkylation sites (N-methyl/N-ethyl adjacent to an activating group) is 1. The lowest BCUT2D eigenvalue weighted by molar-refractivity contribution is -0.118. The summed E-state index contributed by atoms with van der Waals surface area (Å²) < 4.78 is 10.9. The van der Waals surface area contributed by atoms with Gasteiger partial charge >= 0.3 is 6.03 Å². The van der Waals surface area contributed by atoms with Gasteiger partial charge in [-0.25, -0.2) is 4.79 Å². The molecule has 3 rings (SSSR count). The zero-order chi connectivity index (χ0) is 17.1. The van der Waals surface area contributed by atoms with Gasteiger partial charge in [-0.15, -0.1) is 0 Å². The lowest BCUT2D eigenvalue weighted by Gasteiger charge is -2.30. The lowest BCUT2D eigenvalue weighted by Crippen LogP contribution is -2.46. The number of carbonyl (C=O) groups excluding carboxylic acids is 2. The van der Waals surface area contributed by atoms with E-state index in [9.17, 15) is 9.59 Å². The molecule has 24 heavy (non-hydrogen) atoms. The molecule has 3 amide bonds. The fourth-order valence-corrected chi connectivity index (χ4v) is 2.88. The summed E-state index contributed by atoms with van der Waals surface area (Å²) in [5.41, 5.74) is 0.898. The summed E-state index contributed by atoms with van der Waals surface area (Å²) in [5.74, 6) is 0.139. The van der Waals surface area contributed by atoms with Gasteiger partial charge in [0.1, 0.15) is 0 Å². The first kappa shape index (κ1) is 16.8. The second kappa shape index (κ2) is 7.25. The van der Waals surface area contributed by atoms with Crippen molar-refractivity contribution in [3.63, 3.8) is 0 Å². The minimum atomic E-state index is -0.370. The van der Waals surface area contributed by atoms with Crippen molar-refractivity contribution in [2.45, 2.75) is 6.10 Å². The number of morpholine rings is 1. The molecule has 1 saturated heterocycles. The fraction of sp³-hybridized carbons (Fsp3) is 0.467. The summed E-state index contributed by atoms with van der Waals surface area (Å²) in [6, 6.07) is 2.80. The molecule has 0 bridgehead atoms. The van der Waals surface area contributed by atoms with E-state index in [-0.39, 0.29) is 24.6 Å². The molecular weight excluding hydrogens is 336 g/mol. The number of hydrogen-bond donors (Lipinski definition) is 3. The highest BCUT2D eigenvalue weighted by Crippen LogP contribution is 2.38. The van der Waals surface area contributed by atoms with Gasteiger partial charge in [0, 0.05) is 25.3 Å². The van der Waals surface area contributed by atoms with Gasteiger partial charge in [-0.2, -0.15) is 0 Å². The number of urea groups is 1. The number of nitrogens with one attached hydrogen (secondary N) is 3. The molecule has 9 heteroatoms. The van der Waals surface area contributed by atoms with Crippen molar-refractivity contribution in [1.29, 1.82) is 0 Å². The predicted molar refractivity (Wildman–Crippen MR) is 89.8 cm³/mol. The zero-order valence-corrected chi connectivity index (χ0v) is 14.0. The van der Waals surface area contributed by atoms with E-state index in [0.717, 1.165) is 13.1 Å². The summed E-state index contributed by atoms with van der Waals surface area (Å²) in [6.45, 7) is 2.66. The van der Waals surface area contributed by atoms with Crippen LogP contribution in [0.1, 0.15) is 0 Å². The first-order chi connectivity index (χ1) is 11.5. The Morgan fingerprint density at radius 3 is 3.12 bits per heavy atom. The molecule has 2 aliphatic heterocycles. The molecule has 3 N–H and O–H groups in total. The summed E-state index contributed by atoms with van der Waals surface area (Å²) in [4.78, 5) is 25.6. The van der Waals surface area contributed by atoms with Crippen molar-refractivity contribution in [3.8, 4) is 5.75 Å². The van der Waals surface area contributed by atoms with Crippen LogP contribution in [0.3, 0.4) is 0 Å². The SMILES string of the molecule is CN1CCO[C@@H](CNC(=O)Nc2cc(Cl)c3c(c2)NC(=O)CO3)C1. The van der Waals surface area contributed by atoms with Gasteiger partial charge in [0.15, 0.2) is 12.4 Å². The first-order valence-electron chi connectivity index (χ1n) is 7.62. The highest BCUT2D eigenvalue weighted by Gasteiger charge is 2.21. The molecule has 2 aliphatic rings. The Labute approximate surface area is 144 Å². The maximum atomic E-state index is 12.0. The van der Waals surface area contributed by atoms with E-state index >= 15 is 0 Å². The molecule has 1 aromatic carbocycles. The van der Waals surface area contributed by atoms with Gasteiger partial charge in [-0.05, 0) is 19.2 Å². The molecule has 1 atom stereocenters. The Bertz CT molecular complexity index is 655. The van der Waals surface area contributed by atoms with Crippen molar-refractivity contribution in [2.75, 3.05) is 50.5 Å². The van der Waals surface area contributed by atoms with Gasteiger partial charge in [-0.1, -0.05) is 11.6 Å². The lowest BCUT2D eigenvalue weighted by atomic mass is 10.2. The van der Waals surface area contributed by atoms with Crippen LogP contribution in [0.2, 0.25) is 5.02 Å². The molecule has 1 aromatic rings. The van der Waals surface area contributed by atoms with Crippen LogP contribution >= 0.6 is 11.6 Å². The van der Waals surface area contributed by atoms with E-state index < -0.39 is 0 Å². The van der Waals surface area contributed by atoms with Gasteiger partial charge in [0.05, 0.1) is 23.4 Å². The van der Waals surface area contributed by atoms with Crippen molar-refractivity contribution in [1.82, 2.24) is 10.2 Å². The largest absolute Gasteiger partial charge is 0.480 e. The van der Waals surface area contributed by atoms with Crippen molar-refractivity contribution in [3.05, 3.63) is 17.2 Å². The van der Waals surface area contributed by atoms with Crippen LogP contribution in [0.5, 0.6) is 5.75 Å². The topological polar surface area (TPSA) is 91.9 Å². The number of fused-ring (bicyclic) bond motifs is 1. The third-order valence-electron chi connectivity index (χ3n) is 3.76. The molecule has 0 spiro atoms. The normalized spacial score (nSPS) is 20.6. The van der Waals surface area contributed by atoms with Crippen molar-refractivity contribution in [2.24, 2.45) is 0 Å². The Balaban J connectivity index is 1.57. The molecule has 0 unspecified atom stereocenters. The second-order valence-corrected chi connectivity index (χ2v) is 6.17. The maximum absolute atomic E-state index is 12.0. The maximum Gasteiger partial charge on any atom is 0.319 e. The number of halogens is 1. The van der Waals surface area contributed by atoms with Crippen LogP contribution in [-0.2, 0) is 9.53 Å². The third-order valence-corrected chi connectivity index (χ3v) is 4.04. The van der Waals surface area contributed by atoms with Crippen LogP contribution in [-0.4, -0.2) is 62.8 Å². The molecule has 0 aliphatic carbocycles. The average Bonchev–Trinajstić information content (AvgIpc) is 2.52. The van der Waals surface area contributed by atoms with Crippen LogP contribution in [0.15, 0.2) is 12.1 Å². The number of anilines is 2. The van der Waals surface area contributed by atoms with E-state index in [4.69, 9.17) is 21.1 Å². The summed E-state index contributed by atoms with van der Waals surface area (Å²) >= 11 is 6.12. The van der Waals surface area contributed by atoms with E-state index in [1.165, 1.54) is 0 Å². The molecule has 0 aromatic heterocycles. The third kappa shape index (κ3) is 4.08. The number of carbonyl (C=O) groups is 2. The monoisotopic (exact) mass is 354 g/mol. The highest BCUT2D eigenvalue weighted by atomic mass is 35.5. The van der Waals surface area contributed by atoms with Crippen LogP contribution in [0.25, 0.3) is 0 Å². The number of ether oxygens (including phenoxy) is 2. The van der Waals surface area contributed by atoms with Crippen LogP contribution in [0.4, 0.5) is 16.2 Å². The Morgan fingerprint density at radius 2 is 2.33 bits per heavy atom. The zero-order valence-electron chi connectivity index (χ0n) is 13.2. The Hall–Kier alpha value is -2.03. The minimum absolute atomic E-state index is 0.0330. The summed E-state index contributed by atoms with van der Waals surface area (Å²) in [6.07, 6.45) is -0.0330. The van der Waals surface area contributed by atoms with Crippen molar-refractivity contribution < 1.29 is 19.1 Å². The average molecular weight is 355 g/mol. The van der Waals surface area contributed by atoms with Gasteiger partial charge in [0.25, 0.3) is 5.91 Å². The van der Waals surface area contributed by atoms with E-state index in [0.29, 0.717) is 35.3 Å².